The van der Waals surface area contributed by atoms with Gasteiger partial charge in [-0.05, 0) is 43.3 Å². The maximum atomic E-state index is 5.57. The molecule has 2 heterocycles. The van der Waals surface area contributed by atoms with Crippen molar-refractivity contribution in [3.8, 4) is 0 Å². The van der Waals surface area contributed by atoms with E-state index in [4.69, 9.17) is 4.74 Å². The van der Waals surface area contributed by atoms with Gasteiger partial charge in [0.15, 0.2) is 0 Å². The summed E-state index contributed by atoms with van der Waals surface area (Å²) in [5, 5.41) is 11.3. The minimum atomic E-state index is 0.680. The van der Waals surface area contributed by atoms with Crippen molar-refractivity contribution in [3.05, 3.63) is 5.82 Å². The lowest BCUT2D eigenvalue weighted by Crippen LogP contribution is -2.24. The maximum absolute atomic E-state index is 5.57. The summed E-state index contributed by atoms with van der Waals surface area (Å²) in [6.45, 7) is 7.63. The Morgan fingerprint density at radius 3 is 2.62 bits per heavy atom. The van der Waals surface area contributed by atoms with Gasteiger partial charge in [-0.1, -0.05) is 0 Å². The van der Waals surface area contributed by atoms with Crippen molar-refractivity contribution in [2.75, 3.05) is 32.8 Å². The molecule has 0 N–H and O–H groups in total. The molecule has 0 saturated carbocycles. The number of hydrogen-bond acceptors (Lipinski definition) is 5. The maximum Gasteiger partial charge on any atom is 0.148 e. The molecule has 6 heteroatoms. The molecule has 1 aromatic rings. The summed E-state index contributed by atoms with van der Waals surface area (Å²) in [7, 11) is 0. The van der Waals surface area contributed by atoms with Crippen LogP contribution >= 0.6 is 0 Å². The molecule has 0 atom stereocenters. The van der Waals surface area contributed by atoms with E-state index < -0.39 is 0 Å². The lowest BCUT2D eigenvalue weighted by atomic mass is 10.4. The summed E-state index contributed by atoms with van der Waals surface area (Å²) in [4.78, 5) is 2.45. The van der Waals surface area contributed by atoms with Crippen molar-refractivity contribution >= 4 is 0 Å². The molecule has 90 valence electrons. The quantitative estimate of drug-likeness (QED) is 0.642. The normalized spacial score (nSPS) is 17.1. The van der Waals surface area contributed by atoms with Crippen LogP contribution in [-0.4, -0.2) is 58.0 Å². The molecule has 0 bridgehead atoms. The number of aryl methyl sites for hydroxylation is 1. The average Bonchev–Trinajstić information content (AvgIpc) is 2.90. The second-order valence-corrected chi connectivity index (χ2v) is 4.11. The molecule has 1 fully saturated rings. The first-order valence-corrected chi connectivity index (χ1v) is 5.89. The molecule has 1 aromatic heterocycles. The van der Waals surface area contributed by atoms with E-state index in [0.717, 1.165) is 25.5 Å². The van der Waals surface area contributed by atoms with Crippen molar-refractivity contribution in [2.24, 2.45) is 0 Å². The third-order valence-corrected chi connectivity index (χ3v) is 2.91. The molecular weight excluding hydrogens is 206 g/mol. The van der Waals surface area contributed by atoms with Gasteiger partial charge in [-0.3, -0.25) is 0 Å². The Morgan fingerprint density at radius 2 is 1.94 bits per heavy atom. The molecule has 1 aliphatic rings. The zero-order valence-electron chi connectivity index (χ0n) is 9.80. The lowest BCUT2D eigenvalue weighted by molar-refractivity contribution is 0.102. The van der Waals surface area contributed by atoms with E-state index in [1.165, 1.54) is 25.9 Å². The summed E-state index contributed by atoms with van der Waals surface area (Å²) in [5.74, 6) is 0.836. The topological polar surface area (TPSA) is 56.1 Å². The van der Waals surface area contributed by atoms with E-state index in [1.54, 1.807) is 4.68 Å². The Bertz CT molecular complexity index is 308. The van der Waals surface area contributed by atoms with Gasteiger partial charge in [-0.2, -0.15) is 0 Å². The van der Waals surface area contributed by atoms with Gasteiger partial charge in [0.1, 0.15) is 5.82 Å². The Labute approximate surface area is 95.6 Å². The van der Waals surface area contributed by atoms with Crippen LogP contribution in [-0.2, 0) is 11.3 Å². The van der Waals surface area contributed by atoms with Gasteiger partial charge in [0.05, 0.1) is 19.8 Å². The number of ether oxygens (including phenoxy) is 1. The largest absolute Gasteiger partial charge is 0.378 e. The molecule has 0 spiro atoms. The van der Waals surface area contributed by atoms with Gasteiger partial charge < -0.3 is 9.64 Å². The Balaban J connectivity index is 1.53. The molecule has 1 aliphatic heterocycles. The summed E-state index contributed by atoms with van der Waals surface area (Å²) in [5.41, 5.74) is 0. The molecule has 2 rings (SSSR count). The second kappa shape index (κ2) is 5.91. The van der Waals surface area contributed by atoms with Crippen LogP contribution < -0.4 is 0 Å². The average molecular weight is 225 g/mol. The minimum Gasteiger partial charge on any atom is -0.378 e. The Kier molecular flexibility index (Phi) is 4.24. The minimum absolute atomic E-state index is 0.680. The summed E-state index contributed by atoms with van der Waals surface area (Å²) >= 11 is 0. The highest BCUT2D eigenvalue weighted by Crippen LogP contribution is 2.05. The van der Waals surface area contributed by atoms with Crippen LogP contribution in [0.5, 0.6) is 0 Å². The van der Waals surface area contributed by atoms with Crippen LogP contribution in [0.2, 0.25) is 0 Å². The number of aromatic nitrogens is 4. The zero-order chi connectivity index (χ0) is 11.2. The number of hydrogen-bond donors (Lipinski definition) is 0. The van der Waals surface area contributed by atoms with Crippen LogP contribution in [0.3, 0.4) is 0 Å². The van der Waals surface area contributed by atoms with Crippen molar-refractivity contribution < 1.29 is 4.74 Å². The lowest BCUT2D eigenvalue weighted by Gasteiger charge is -2.14. The van der Waals surface area contributed by atoms with Crippen LogP contribution in [0.4, 0.5) is 0 Å². The van der Waals surface area contributed by atoms with Crippen LogP contribution in [0.15, 0.2) is 0 Å². The fourth-order valence-electron chi connectivity index (χ4n) is 1.91. The first kappa shape index (κ1) is 11.5. The molecule has 0 amide bonds. The third kappa shape index (κ3) is 3.24. The highest BCUT2D eigenvalue weighted by Gasteiger charge is 2.10. The van der Waals surface area contributed by atoms with Gasteiger partial charge in [0.25, 0.3) is 0 Å². The van der Waals surface area contributed by atoms with Gasteiger partial charge >= 0.3 is 0 Å². The molecular formula is C10H19N5O. The molecule has 0 aliphatic carbocycles. The third-order valence-electron chi connectivity index (χ3n) is 2.91. The second-order valence-electron chi connectivity index (χ2n) is 4.11. The van der Waals surface area contributed by atoms with Crippen molar-refractivity contribution in [2.45, 2.75) is 26.3 Å². The van der Waals surface area contributed by atoms with Crippen LogP contribution in [0.25, 0.3) is 0 Å². The fourth-order valence-corrected chi connectivity index (χ4v) is 1.91. The monoisotopic (exact) mass is 225 g/mol. The molecule has 1 saturated heterocycles. The summed E-state index contributed by atoms with van der Waals surface area (Å²) in [6.07, 6.45) is 2.67. The van der Waals surface area contributed by atoms with Crippen molar-refractivity contribution in [3.63, 3.8) is 0 Å². The number of likely N-dealkylation sites (tertiary alicyclic amines) is 1. The molecule has 0 aromatic carbocycles. The fraction of sp³-hybridized carbons (Fsp3) is 0.900. The molecule has 0 unspecified atom stereocenters. The standard InChI is InChI=1S/C10H19N5O/c1-10-11-12-13-15(10)7-9-16-8-6-14-4-2-3-5-14/h2-9H2,1H3. The predicted molar refractivity (Wildman–Crippen MR) is 59.0 cm³/mol. The van der Waals surface area contributed by atoms with E-state index in [-0.39, 0.29) is 0 Å². The number of nitrogens with zero attached hydrogens (tertiary/aromatic N) is 5. The van der Waals surface area contributed by atoms with Gasteiger partial charge in [-0.25, -0.2) is 4.68 Å². The first-order valence-electron chi connectivity index (χ1n) is 5.89. The van der Waals surface area contributed by atoms with Gasteiger partial charge in [0, 0.05) is 6.54 Å². The van der Waals surface area contributed by atoms with Crippen LogP contribution in [0, 0.1) is 6.92 Å². The van der Waals surface area contributed by atoms with E-state index in [9.17, 15) is 0 Å². The summed E-state index contributed by atoms with van der Waals surface area (Å²) < 4.78 is 7.33. The summed E-state index contributed by atoms with van der Waals surface area (Å²) in [6, 6.07) is 0. The van der Waals surface area contributed by atoms with Crippen molar-refractivity contribution in [1.82, 2.24) is 25.1 Å². The first-order chi connectivity index (χ1) is 7.86. The molecule has 6 nitrogen and oxygen atoms in total. The number of rotatable bonds is 6. The van der Waals surface area contributed by atoms with Crippen molar-refractivity contribution in [1.29, 1.82) is 0 Å². The SMILES string of the molecule is Cc1nnnn1CCOCCN1CCCC1. The zero-order valence-corrected chi connectivity index (χ0v) is 9.80. The Morgan fingerprint density at radius 1 is 1.19 bits per heavy atom. The smallest absolute Gasteiger partial charge is 0.148 e. The van der Waals surface area contributed by atoms with E-state index >= 15 is 0 Å². The number of tetrazole rings is 1. The van der Waals surface area contributed by atoms with Gasteiger partial charge in [0.2, 0.25) is 0 Å². The molecule has 0 radical (unpaired) electrons. The highest BCUT2D eigenvalue weighted by molar-refractivity contribution is 4.72. The molecule has 16 heavy (non-hydrogen) atoms. The highest BCUT2D eigenvalue weighted by atomic mass is 16.5. The van der Waals surface area contributed by atoms with E-state index in [2.05, 4.69) is 20.4 Å². The Hall–Kier alpha value is -1.01. The van der Waals surface area contributed by atoms with E-state index in [0.29, 0.717) is 6.61 Å². The van der Waals surface area contributed by atoms with Gasteiger partial charge in [-0.15, -0.1) is 5.10 Å². The van der Waals surface area contributed by atoms with E-state index in [1.807, 2.05) is 6.92 Å². The van der Waals surface area contributed by atoms with Crippen LogP contribution in [0.1, 0.15) is 18.7 Å². The predicted octanol–water partition coefficient (Wildman–Crippen LogP) is 0.0939.